The van der Waals surface area contributed by atoms with Gasteiger partial charge in [-0.1, -0.05) is 31.2 Å². The topological polar surface area (TPSA) is 47.6 Å². The molecule has 4 nitrogen and oxygen atoms in total. The van der Waals surface area contributed by atoms with Crippen molar-refractivity contribution in [3.63, 3.8) is 0 Å². The molecule has 2 aromatic rings. The molecule has 0 aliphatic rings. The number of rotatable bonds is 10. The first kappa shape index (κ1) is 21.8. The van der Waals surface area contributed by atoms with Crippen molar-refractivity contribution in [2.75, 3.05) is 6.54 Å². The van der Waals surface area contributed by atoms with Crippen LogP contribution in [0.4, 0.5) is 0 Å². The zero-order valence-electron chi connectivity index (χ0n) is 17.7. The lowest BCUT2D eigenvalue weighted by Crippen LogP contribution is -2.38. The summed E-state index contributed by atoms with van der Waals surface area (Å²) in [7, 11) is 0. The molecule has 2 aromatic carbocycles. The van der Waals surface area contributed by atoms with Crippen molar-refractivity contribution in [3.8, 4) is 11.5 Å². The van der Waals surface area contributed by atoms with Crippen LogP contribution in [0.5, 0.6) is 11.5 Å². The second-order valence-corrected chi connectivity index (χ2v) is 7.49. The average Bonchev–Trinajstić information content (AvgIpc) is 2.66. The number of ether oxygens (including phenoxy) is 2. The Kier molecular flexibility index (Phi) is 8.37. The van der Waals surface area contributed by atoms with Gasteiger partial charge in [-0.15, -0.1) is 0 Å². The smallest absolute Gasteiger partial charge is 0.261 e. The maximum absolute atomic E-state index is 12.5. The van der Waals surface area contributed by atoms with E-state index in [1.165, 1.54) is 5.56 Å². The Bertz CT molecular complexity index is 753. The summed E-state index contributed by atoms with van der Waals surface area (Å²) in [5.74, 6) is 1.62. The van der Waals surface area contributed by atoms with Gasteiger partial charge in [0.2, 0.25) is 0 Å². The van der Waals surface area contributed by atoms with Gasteiger partial charge in [0.15, 0.2) is 6.10 Å². The molecule has 1 N–H and O–H groups in total. The van der Waals surface area contributed by atoms with Crippen molar-refractivity contribution in [1.82, 2.24) is 5.32 Å². The Morgan fingerprint density at radius 1 is 1.04 bits per heavy atom. The van der Waals surface area contributed by atoms with Crippen LogP contribution in [0.25, 0.3) is 0 Å². The van der Waals surface area contributed by atoms with Gasteiger partial charge in [-0.2, -0.15) is 0 Å². The van der Waals surface area contributed by atoms with E-state index >= 15 is 0 Å². The van der Waals surface area contributed by atoms with Gasteiger partial charge in [0.1, 0.15) is 11.5 Å². The second kappa shape index (κ2) is 10.7. The number of carbonyl (C=O) groups is 1. The molecular weight excluding hydrogens is 350 g/mol. The molecule has 0 aromatic heterocycles. The van der Waals surface area contributed by atoms with Crippen LogP contribution in [-0.2, 0) is 11.2 Å². The van der Waals surface area contributed by atoms with Crippen LogP contribution in [0.1, 0.15) is 50.3 Å². The van der Waals surface area contributed by atoms with Gasteiger partial charge in [0.25, 0.3) is 5.91 Å². The van der Waals surface area contributed by atoms with Crippen LogP contribution >= 0.6 is 0 Å². The summed E-state index contributed by atoms with van der Waals surface area (Å²) in [6.07, 6.45) is 2.15. The van der Waals surface area contributed by atoms with Crippen molar-refractivity contribution in [2.45, 2.75) is 66.1 Å². The normalized spacial score (nSPS) is 11.9. The molecule has 0 saturated carbocycles. The number of hydrogen-bond acceptors (Lipinski definition) is 3. The number of nitrogens with one attached hydrogen (secondary N) is 1. The van der Waals surface area contributed by atoms with Gasteiger partial charge >= 0.3 is 0 Å². The van der Waals surface area contributed by atoms with Crippen molar-refractivity contribution >= 4 is 5.91 Å². The van der Waals surface area contributed by atoms with E-state index < -0.39 is 6.10 Å². The van der Waals surface area contributed by atoms with Gasteiger partial charge in [-0.05, 0) is 81.8 Å². The largest absolute Gasteiger partial charge is 0.491 e. The highest BCUT2D eigenvalue weighted by Crippen LogP contribution is 2.21. The SMILES string of the molecule is CCC(Oc1cc(C)ccc1C)C(=O)NCCCc1ccc(OC(C)C)cc1. The number of aryl methyl sites for hydroxylation is 3. The van der Waals surface area contributed by atoms with Gasteiger partial charge in [0, 0.05) is 6.54 Å². The fourth-order valence-electron chi connectivity index (χ4n) is 2.93. The molecule has 1 atom stereocenters. The molecule has 0 saturated heterocycles. The number of amides is 1. The number of hydrogen-bond donors (Lipinski definition) is 1. The molecule has 1 unspecified atom stereocenters. The summed E-state index contributed by atoms with van der Waals surface area (Å²) in [5, 5.41) is 3.01. The molecule has 2 rings (SSSR count). The van der Waals surface area contributed by atoms with Crippen molar-refractivity contribution in [2.24, 2.45) is 0 Å². The summed E-state index contributed by atoms with van der Waals surface area (Å²) in [6, 6.07) is 14.2. The molecule has 1 amide bonds. The molecule has 28 heavy (non-hydrogen) atoms. The quantitative estimate of drug-likeness (QED) is 0.588. The summed E-state index contributed by atoms with van der Waals surface area (Å²) < 4.78 is 11.6. The lowest BCUT2D eigenvalue weighted by Gasteiger charge is -2.19. The van der Waals surface area contributed by atoms with E-state index in [0.29, 0.717) is 13.0 Å². The predicted octanol–water partition coefficient (Wildman–Crippen LogP) is 5.00. The maximum atomic E-state index is 12.5. The monoisotopic (exact) mass is 383 g/mol. The third-order valence-electron chi connectivity index (χ3n) is 4.51. The predicted molar refractivity (Wildman–Crippen MR) is 114 cm³/mol. The Morgan fingerprint density at radius 2 is 1.75 bits per heavy atom. The van der Waals surface area contributed by atoms with E-state index in [-0.39, 0.29) is 12.0 Å². The summed E-state index contributed by atoms with van der Waals surface area (Å²) in [4.78, 5) is 12.5. The zero-order chi connectivity index (χ0) is 20.5. The zero-order valence-corrected chi connectivity index (χ0v) is 17.7. The van der Waals surface area contributed by atoms with Crippen LogP contribution in [-0.4, -0.2) is 24.7 Å². The van der Waals surface area contributed by atoms with E-state index in [1.54, 1.807) is 0 Å². The van der Waals surface area contributed by atoms with Crippen LogP contribution < -0.4 is 14.8 Å². The minimum absolute atomic E-state index is 0.0518. The molecule has 0 aliphatic carbocycles. The molecule has 4 heteroatoms. The molecule has 0 bridgehead atoms. The molecular formula is C24H33NO3. The van der Waals surface area contributed by atoms with Crippen molar-refractivity contribution in [1.29, 1.82) is 0 Å². The van der Waals surface area contributed by atoms with E-state index in [0.717, 1.165) is 35.5 Å². The minimum Gasteiger partial charge on any atom is -0.491 e. The van der Waals surface area contributed by atoms with Crippen LogP contribution in [0.2, 0.25) is 0 Å². The van der Waals surface area contributed by atoms with Crippen molar-refractivity contribution < 1.29 is 14.3 Å². The molecule has 152 valence electrons. The van der Waals surface area contributed by atoms with E-state index in [4.69, 9.17) is 9.47 Å². The van der Waals surface area contributed by atoms with E-state index in [9.17, 15) is 4.79 Å². The van der Waals surface area contributed by atoms with Gasteiger partial charge in [0.05, 0.1) is 6.10 Å². The first-order chi connectivity index (χ1) is 13.4. The summed E-state index contributed by atoms with van der Waals surface area (Å²) in [5.41, 5.74) is 3.41. The highest BCUT2D eigenvalue weighted by Gasteiger charge is 2.18. The molecule has 0 aliphatic heterocycles. The first-order valence-electron chi connectivity index (χ1n) is 10.2. The third kappa shape index (κ3) is 6.91. The first-order valence-corrected chi connectivity index (χ1v) is 10.2. The van der Waals surface area contributed by atoms with Gasteiger partial charge < -0.3 is 14.8 Å². The Labute approximate surface area is 169 Å². The second-order valence-electron chi connectivity index (χ2n) is 7.49. The van der Waals surface area contributed by atoms with Gasteiger partial charge in [-0.3, -0.25) is 4.79 Å². The van der Waals surface area contributed by atoms with E-state index in [1.807, 2.05) is 65.0 Å². The number of carbonyl (C=O) groups excluding carboxylic acids is 1. The average molecular weight is 384 g/mol. The summed E-state index contributed by atoms with van der Waals surface area (Å²) in [6.45, 7) is 10.7. The highest BCUT2D eigenvalue weighted by atomic mass is 16.5. The standard InChI is InChI=1S/C24H33NO3/c1-6-22(28-23-16-18(4)9-10-19(23)5)24(26)25-15-7-8-20-11-13-21(14-12-20)27-17(2)3/h9-14,16-17,22H,6-8,15H2,1-5H3,(H,25,26). The lowest BCUT2D eigenvalue weighted by atomic mass is 10.1. The Hall–Kier alpha value is -2.49. The maximum Gasteiger partial charge on any atom is 0.261 e. The molecule has 0 radical (unpaired) electrons. The van der Waals surface area contributed by atoms with Crippen LogP contribution in [0.3, 0.4) is 0 Å². The van der Waals surface area contributed by atoms with Gasteiger partial charge in [-0.25, -0.2) is 0 Å². The third-order valence-corrected chi connectivity index (χ3v) is 4.51. The fraction of sp³-hybridized carbons (Fsp3) is 0.458. The number of benzene rings is 2. The molecule has 0 heterocycles. The lowest BCUT2D eigenvalue weighted by molar-refractivity contribution is -0.128. The Balaban J connectivity index is 1.78. The van der Waals surface area contributed by atoms with Crippen LogP contribution in [0, 0.1) is 13.8 Å². The summed E-state index contributed by atoms with van der Waals surface area (Å²) >= 11 is 0. The Morgan fingerprint density at radius 3 is 2.39 bits per heavy atom. The highest BCUT2D eigenvalue weighted by molar-refractivity contribution is 5.81. The molecule has 0 fully saturated rings. The minimum atomic E-state index is -0.465. The van der Waals surface area contributed by atoms with Crippen molar-refractivity contribution in [3.05, 3.63) is 59.2 Å². The fourth-order valence-corrected chi connectivity index (χ4v) is 2.93. The van der Waals surface area contributed by atoms with E-state index in [2.05, 4.69) is 17.4 Å². The van der Waals surface area contributed by atoms with Crippen LogP contribution in [0.15, 0.2) is 42.5 Å². The molecule has 0 spiro atoms.